The zero-order chi connectivity index (χ0) is 25.9. The molecule has 0 N–H and O–H groups in total. The summed E-state index contributed by atoms with van der Waals surface area (Å²) in [6.45, 7) is 9.40. The van der Waals surface area contributed by atoms with E-state index < -0.39 is 17.5 Å². The van der Waals surface area contributed by atoms with Gasteiger partial charge in [0.15, 0.2) is 17.6 Å². The molecule has 0 aliphatic carbocycles. The molecule has 10 heteroatoms. The van der Waals surface area contributed by atoms with Gasteiger partial charge in [-0.1, -0.05) is 48.3 Å². The molecule has 35 heavy (non-hydrogen) atoms. The Morgan fingerprint density at radius 1 is 1.29 bits per heavy atom. The van der Waals surface area contributed by atoms with E-state index >= 15 is 0 Å². The van der Waals surface area contributed by atoms with Crippen LogP contribution in [-0.2, 0) is 14.9 Å². The zero-order valence-corrected chi connectivity index (χ0v) is 22.7. The Bertz CT molecular complexity index is 1350. The van der Waals surface area contributed by atoms with E-state index in [4.69, 9.17) is 30.8 Å². The van der Waals surface area contributed by atoms with Gasteiger partial charge >= 0.3 is 5.97 Å². The van der Waals surface area contributed by atoms with Gasteiger partial charge in [-0.15, -0.1) is 0 Å². The molecule has 0 aliphatic heterocycles. The minimum absolute atomic E-state index is 0.205. The van der Waals surface area contributed by atoms with Crippen LogP contribution in [0.1, 0.15) is 46.0 Å². The molecule has 3 aromatic rings. The van der Waals surface area contributed by atoms with Crippen molar-refractivity contribution in [3.8, 4) is 11.5 Å². The smallest absolute Gasteiger partial charge is 0.347 e. The van der Waals surface area contributed by atoms with Crippen molar-refractivity contribution in [2.24, 2.45) is 5.10 Å². The summed E-state index contributed by atoms with van der Waals surface area (Å²) in [6.07, 6.45) is 0.617. The van der Waals surface area contributed by atoms with Gasteiger partial charge < -0.3 is 14.2 Å². The van der Waals surface area contributed by atoms with Crippen LogP contribution in [0, 0.1) is 0 Å². The lowest BCUT2D eigenvalue weighted by Gasteiger charge is -2.21. The van der Waals surface area contributed by atoms with Gasteiger partial charge in [0.1, 0.15) is 5.82 Å². The summed E-state index contributed by atoms with van der Waals surface area (Å²) in [4.78, 5) is 30.0. The van der Waals surface area contributed by atoms with Crippen LogP contribution in [0.3, 0.4) is 0 Å². The van der Waals surface area contributed by atoms with Crippen LogP contribution in [0.2, 0.25) is 5.02 Å². The number of rotatable bonds is 7. The predicted molar refractivity (Wildman–Crippen MR) is 140 cm³/mol. The molecular formula is C25H27BrClN3O5. The Morgan fingerprint density at radius 2 is 2.00 bits per heavy atom. The summed E-state index contributed by atoms with van der Waals surface area (Å²) >= 11 is 9.85. The number of carbonyl (C=O) groups excluding carboxylic acids is 1. The second kappa shape index (κ2) is 10.8. The van der Waals surface area contributed by atoms with E-state index in [0.29, 0.717) is 28.0 Å². The van der Waals surface area contributed by atoms with Crippen LogP contribution in [0.15, 0.2) is 44.7 Å². The number of fused-ring (bicyclic) bond motifs is 1. The molecule has 0 radical (unpaired) electrons. The number of esters is 1. The van der Waals surface area contributed by atoms with Crippen molar-refractivity contribution in [2.45, 2.75) is 46.1 Å². The van der Waals surface area contributed by atoms with Gasteiger partial charge in [0.05, 0.1) is 35.9 Å². The normalized spacial score (nSPS) is 12.7. The van der Waals surface area contributed by atoms with Gasteiger partial charge in [0.2, 0.25) is 0 Å². The maximum atomic E-state index is 13.3. The fraction of sp³-hybridized carbons (Fsp3) is 0.360. The highest BCUT2D eigenvalue weighted by atomic mass is 79.9. The second-order valence-corrected chi connectivity index (χ2v) is 10.1. The SMILES string of the molecule is CCOC(=O)[C@H](C)Oc1c(Cl)cc(C=Nn2c(C(C)(C)C)nc3ccc(Br)cc3c2=O)cc1OC. The summed E-state index contributed by atoms with van der Waals surface area (Å²) in [5.74, 6) is 0.506. The number of ether oxygens (including phenoxy) is 3. The average Bonchev–Trinajstić information content (AvgIpc) is 2.79. The van der Waals surface area contributed by atoms with Crippen molar-refractivity contribution >= 4 is 50.6 Å². The van der Waals surface area contributed by atoms with Crippen LogP contribution in [0.4, 0.5) is 0 Å². The quantitative estimate of drug-likeness (QED) is 0.284. The van der Waals surface area contributed by atoms with Crippen molar-refractivity contribution in [1.82, 2.24) is 9.66 Å². The number of halogens is 2. The monoisotopic (exact) mass is 563 g/mol. The van der Waals surface area contributed by atoms with E-state index in [9.17, 15) is 9.59 Å². The number of aromatic nitrogens is 2. The molecule has 3 rings (SSSR count). The predicted octanol–water partition coefficient (Wildman–Crippen LogP) is 5.33. The molecule has 0 unspecified atom stereocenters. The highest BCUT2D eigenvalue weighted by Crippen LogP contribution is 2.37. The second-order valence-electron chi connectivity index (χ2n) is 8.75. The van der Waals surface area contributed by atoms with Gasteiger partial charge in [-0.2, -0.15) is 9.78 Å². The Balaban J connectivity index is 2.06. The Morgan fingerprint density at radius 3 is 2.63 bits per heavy atom. The average molecular weight is 565 g/mol. The summed E-state index contributed by atoms with van der Waals surface area (Å²) in [5.41, 5.74) is 0.410. The lowest BCUT2D eigenvalue weighted by molar-refractivity contribution is -0.150. The molecule has 1 atom stereocenters. The number of hydrogen-bond acceptors (Lipinski definition) is 7. The van der Waals surface area contributed by atoms with E-state index in [-0.39, 0.29) is 22.9 Å². The molecule has 0 fully saturated rings. The molecule has 8 nitrogen and oxygen atoms in total. The number of benzene rings is 2. The molecule has 2 aromatic carbocycles. The Labute approximate surface area is 217 Å². The first-order valence-corrected chi connectivity index (χ1v) is 12.1. The summed E-state index contributed by atoms with van der Waals surface area (Å²) in [5, 5.41) is 5.11. The van der Waals surface area contributed by atoms with E-state index in [2.05, 4.69) is 21.0 Å². The third-order valence-corrected chi connectivity index (χ3v) is 5.74. The fourth-order valence-corrected chi connectivity index (χ4v) is 3.90. The Hall–Kier alpha value is -2.91. The van der Waals surface area contributed by atoms with Crippen LogP contribution < -0.4 is 15.0 Å². The van der Waals surface area contributed by atoms with Crippen LogP contribution in [0.5, 0.6) is 11.5 Å². The first-order chi connectivity index (χ1) is 16.5. The first-order valence-electron chi connectivity index (χ1n) is 10.9. The molecule has 0 saturated heterocycles. The van der Waals surface area contributed by atoms with Gasteiger partial charge in [-0.25, -0.2) is 9.78 Å². The molecule has 0 aliphatic rings. The summed E-state index contributed by atoms with van der Waals surface area (Å²) in [6, 6.07) is 8.61. The molecule has 1 aromatic heterocycles. The van der Waals surface area contributed by atoms with Crippen LogP contribution >= 0.6 is 27.5 Å². The van der Waals surface area contributed by atoms with Crippen LogP contribution in [-0.4, -0.2) is 41.7 Å². The minimum Gasteiger partial charge on any atom is -0.493 e. The van der Waals surface area contributed by atoms with Crippen molar-refractivity contribution in [1.29, 1.82) is 0 Å². The van der Waals surface area contributed by atoms with E-state index in [0.717, 1.165) is 4.47 Å². The van der Waals surface area contributed by atoms with Crippen LogP contribution in [0.25, 0.3) is 10.9 Å². The van der Waals surface area contributed by atoms with Crippen molar-refractivity contribution in [3.05, 3.63) is 61.6 Å². The summed E-state index contributed by atoms with van der Waals surface area (Å²) in [7, 11) is 1.46. The zero-order valence-electron chi connectivity index (χ0n) is 20.4. The third kappa shape index (κ3) is 6.02. The first kappa shape index (κ1) is 26.7. The number of methoxy groups -OCH3 is 1. The van der Waals surface area contributed by atoms with E-state index in [1.807, 2.05) is 26.8 Å². The van der Waals surface area contributed by atoms with Gasteiger partial charge in [0.25, 0.3) is 5.56 Å². The maximum absolute atomic E-state index is 13.3. The number of carbonyl (C=O) groups is 1. The van der Waals surface area contributed by atoms with Crippen molar-refractivity contribution in [3.63, 3.8) is 0 Å². The van der Waals surface area contributed by atoms with E-state index in [1.54, 1.807) is 38.1 Å². The molecule has 0 bridgehead atoms. The largest absolute Gasteiger partial charge is 0.493 e. The topological polar surface area (TPSA) is 92.0 Å². The third-order valence-electron chi connectivity index (χ3n) is 4.97. The lowest BCUT2D eigenvalue weighted by atomic mass is 9.95. The van der Waals surface area contributed by atoms with E-state index in [1.165, 1.54) is 18.0 Å². The van der Waals surface area contributed by atoms with Crippen molar-refractivity contribution < 1.29 is 19.0 Å². The highest BCUT2D eigenvalue weighted by Gasteiger charge is 2.23. The fourth-order valence-electron chi connectivity index (χ4n) is 3.28. The van der Waals surface area contributed by atoms with Gasteiger partial charge in [-0.05, 0) is 49.7 Å². The molecule has 1 heterocycles. The van der Waals surface area contributed by atoms with Gasteiger partial charge in [0, 0.05) is 9.89 Å². The molecular weight excluding hydrogens is 538 g/mol. The number of nitrogens with zero attached hydrogens (tertiary/aromatic N) is 3. The number of hydrogen-bond donors (Lipinski definition) is 0. The highest BCUT2D eigenvalue weighted by molar-refractivity contribution is 9.10. The lowest BCUT2D eigenvalue weighted by Crippen LogP contribution is -2.29. The summed E-state index contributed by atoms with van der Waals surface area (Å²) < 4.78 is 18.2. The molecule has 186 valence electrons. The molecule has 0 spiro atoms. The Kier molecular flexibility index (Phi) is 8.22. The molecule has 0 saturated carbocycles. The maximum Gasteiger partial charge on any atom is 0.347 e. The van der Waals surface area contributed by atoms with Gasteiger partial charge in [-0.3, -0.25) is 4.79 Å². The minimum atomic E-state index is -0.878. The van der Waals surface area contributed by atoms with Crippen molar-refractivity contribution in [2.75, 3.05) is 13.7 Å². The molecule has 0 amide bonds. The standard InChI is InChI=1S/C25H27BrClN3O5/c1-7-34-23(32)14(2)35-21-18(27)10-15(11-20(21)33-6)13-28-30-22(31)17-12-16(26)8-9-19(17)29-24(30)25(3,4)5/h8-14H,7H2,1-6H3/t14-/m0/s1.